The normalized spacial score (nSPS) is 9.81. The van der Waals surface area contributed by atoms with Crippen molar-refractivity contribution in [3.8, 4) is 17.2 Å². The van der Waals surface area contributed by atoms with E-state index in [-0.39, 0.29) is 18.4 Å². The van der Waals surface area contributed by atoms with Crippen LogP contribution in [0.2, 0.25) is 0 Å². The highest BCUT2D eigenvalue weighted by atomic mass is 35.5. The van der Waals surface area contributed by atoms with Crippen molar-refractivity contribution in [3.63, 3.8) is 0 Å². The minimum atomic E-state index is -0.367. The summed E-state index contributed by atoms with van der Waals surface area (Å²) in [6, 6.07) is 21.7. The molecule has 140 valence electrons. The van der Waals surface area contributed by atoms with Gasteiger partial charge < -0.3 is 19.9 Å². The zero-order valence-electron chi connectivity index (χ0n) is 14.8. The molecule has 5 nitrogen and oxygen atoms in total. The maximum Gasteiger partial charge on any atom is 0.337 e. The zero-order valence-corrected chi connectivity index (χ0v) is 15.6. The molecule has 0 aliphatic rings. The van der Waals surface area contributed by atoms with E-state index in [0.29, 0.717) is 35.1 Å². The SMILES string of the molecule is COC(=O)c1cccc(COc2ccc(Oc3ccccc3N)cc2)c1.Cl. The summed E-state index contributed by atoms with van der Waals surface area (Å²) in [6.07, 6.45) is 0. The third-order valence-corrected chi connectivity index (χ3v) is 3.72. The van der Waals surface area contributed by atoms with Crippen molar-refractivity contribution >= 4 is 24.1 Å². The summed E-state index contributed by atoms with van der Waals surface area (Å²) in [5.41, 5.74) is 7.83. The van der Waals surface area contributed by atoms with E-state index in [1.54, 1.807) is 24.3 Å². The van der Waals surface area contributed by atoms with Gasteiger partial charge in [0.15, 0.2) is 0 Å². The number of nitrogen functional groups attached to an aromatic ring is 1. The number of ether oxygens (including phenoxy) is 3. The smallest absolute Gasteiger partial charge is 0.337 e. The van der Waals surface area contributed by atoms with Crippen LogP contribution in [0.5, 0.6) is 17.2 Å². The van der Waals surface area contributed by atoms with E-state index in [9.17, 15) is 4.79 Å². The summed E-state index contributed by atoms with van der Waals surface area (Å²) in [4.78, 5) is 11.6. The average Bonchev–Trinajstić information content (AvgIpc) is 2.69. The quantitative estimate of drug-likeness (QED) is 0.485. The Bertz CT molecular complexity index is 897. The molecule has 0 bridgehead atoms. The molecule has 0 saturated carbocycles. The molecule has 0 radical (unpaired) electrons. The fourth-order valence-electron chi connectivity index (χ4n) is 2.38. The zero-order chi connectivity index (χ0) is 18.4. The predicted molar refractivity (Wildman–Crippen MR) is 107 cm³/mol. The van der Waals surface area contributed by atoms with Crippen molar-refractivity contribution in [1.29, 1.82) is 0 Å². The molecule has 2 N–H and O–H groups in total. The van der Waals surface area contributed by atoms with Crippen LogP contribution in [-0.4, -0.2) is 13.1 Å². The van der Waals surface area contributed by atoms with Crippen molar-refractivity contribution in [2.75, 3.05) is 12.8 Å². The van der Waals surface area contributed by atoms with Crippen molar-refractivity contribution in [2.45, 2.75) is 6.61 Å². The molecule has 0 heterocycles. The highest BCUT2D eigenvalue weighted by Crippen LogP contribution is 2.28. The van der Waals surface area contributed by atoms with Crippen LogP contribution in [0.4, 0.5) is 5.69 Å². The number of carbonyl (C=O) groups excluding carboxylic acids is 1. The maximum atomic E-state index is 11.6. The number of anilines is 1. The molecular formula is C21H20ClNO4. The Morgan fingerprint density at radius 3 is 2.33 bits per heavy atom. The van der Waals surface area contributed by atoms with Gasteiger partial charge >= 0.3 is 5.97 Å². The molecule has 3 aromatic rings. The predicted octanol–water partition coefficient (Wildman–Crippen LogP) is 4.85. The molecule has 6 heteroatoms. The van der Waals surface area contributed by atoms with Gasteiger partial charge in [-0.15, -0.1) is 12.4 Å². The number of para-hydroxylation sites is 2. The number of halogens is 1. The van der Waals surface area contributed by atoms with Crippen LogP contribution in [0.3, 0.4) is 0 Å². The van der Waals surface area contributed by atoms with Crippen molar-refractivity contribution in [3.05, 3.63) is 83.9 Å². The minimum absolute atomic E-state index is 0. The van der Waals surface area contributed by atoms with E-state index in [2.05, 4.69) is 0 Å². The first kappa shape index (κ1) is 20.1. The molecule has 3 aromatic carbocycles. The first-order valence-electron chi connectivity index (χ1n) is 8.08. The van der Waals surface area contributed by atoms with E-state index >= 15 is 0 Å². The fraction of sp³-hybridized carbons (Fsp3) is 0.0952. The van der Waals surface area contributed by atoms with E-state index < -0.39 is 0 Å². The molecule has 0 fully saturated rings. The molecule has 0 aliphatic carbocycles. The van der Waals surface area contributed by atoms with Gasteiger partial charge in [0.2, 0.25) is 0 Å². The van der Waals surface area contributed by atoms with Gasteiger partial charge in [-0.3, -0.25) is 0 Å². The first-order chi connectivity index (χ1) is 12.7. The summed E-state index contributed by atoms with van der Waals surface area (Å²) >= 11 is 0. The second kappa shape index (κ2) is 9.50. The van der Waals surface area contributed by atoms with E-state index in [4.69, 9.17) is 19.9 Å². The Labute approximate surface area is 164 Å². The summed E-state index contributed by atoms with van der Waals surface area (Å²) in [5.74, 6) is 1.61. The summed E-state index contributed by atoms with van der Waals surface area (Å²) in [6.45, 7) is 0.344. The third-order valence-electron chi connectivity index (χ3n) is 3.72. The Hall–Kier alpha value is -3.18. The maximum absolute atomic E-state index is 11.6. The van der Waals surface area contributed by atoms with Crippen molar-refractivity contribution < 1.29 is 19.0 Å². The molecule has 3 rings (SSSR count). The topological polar surface area (TPSA) is 70.8 Å². The Morgan fingerprint density at radius 1 is 0.926 bits per heavy atom. The van der Waals surface area contributed by atoms with E-state index in [0.717, 1.165) is 5.56 Å². The molecule has 0 atom stereocenters. The van der Waals surface area contributed by atoms with Gasteiger partial charge in [-0.2, -0.15) is 0 Å². The van der Waals surface area contributed by atoms with Gasteiger partial charge in [0.05, 0.1) is 18.4 Å². The number of methoxy groups -OCH3 is 1. The molecular weight excluding hydrogens is 366 g/mol. The second-order valence-corrected chi connectivity index (χ2v) is 5.59. The molecule has 0 amide bonds. The molecule has 0 aliphatic heterocycles. The molecule has 0 saturated heterocycles. The van der Waals surface area contributed by atoms with Crippen LogP contribution < -0.4 is 15.2 Å². The Balaban J connectivity index is 0.00000261. The van der Waals surface area contributed by atoms with Crippen molar-refractivity contribution in [1.82, 2.24) is 0 Å². The molecule has 0 unspecified atom stereocenters. The van der Waals surface area contributed by atoms with Crippen LogP contribution in [0.15, 0.2) is 72.8 Å². The van der Waals surface area contributed by atoms with Crippen molar-refractivity contribution in [2.24, 2.45) is 0 Å². The van der Waals surface area contributed by atoms with Gasteiger partial charge in [0, 0.05) is 0 Å². The van der Waals surface area contributed by atoms with Gasteiger partial charge in [0.1, 0.15) is 23.9 Å². The van der Waals surface area contributed by atoms with Crippen LogP contribution in [0, 0.1) is 0 Å². The van der Waals surface area contributed by atoms with Crippen LogP contribution in [0.1, 0.15) is 15.9 Å². The largest absolute Gasteiger partial charge is 0.489 e. The number of benzene rings is 3. The monoisotopic (exact) mass is 385 g/mol. The summed E-state index contributed by atoms with van der Waals surface area (Å²) in [7, 11) is 1.36. The highest BCUT2D eigenvalue weighted by Gasteiger charge is 2.06. The number of nitrogens with two attached hydrogens (primary N) is 1. The fourth-order valence-corrected chi connectivity index (χ4v) is 2.38. The van der Waals surface area contributed by atoms with Gasteiger partial charge in [0.25, 0.3) is 0 Å². The second-order valence-electron chi connectivity index (χ2n) is 5.59. The standard InChI is InChI=1S/C21H19NO4.ClH/c1-24-21(23)16-6-4-5-15(13-16)14-25-17-9-11-18(12-10-17)26-20-8-3-2-7-19(20)22;/h2-13H,14,22H2,1H3;1H. The Kier molecular flexibility index (Phi) is 7.08. The van der Waals surface area contributed by atoms with Gasteiger partial charge in [-0.05, 0) is 54.1 Å². The van der Waals surface area contributed by atoms with E-state index in [1.807, 2.05) is 48.5 Å². The molecule has 27 heavy (non-hydrogen) atoms. The number of hydrogen-bond donors (Lipinski definition) is 1. The van der Waals surface area contributed by atoms with Crippen LogP contribution >= 0.6 is 12.4 Å². The number of hydrogen-bond acceptors (Lipinski definition) is 5. The third kappa shape index (κ3) is 5.39. The lowest BCUT2D eigenvalue weighted by molar-refractivity contribution is 0.0600. The summed E-state index contributed by atoms with van der Waals surface area (Å²) in [5, 5.41) is 0. The van der Waals surface area contributed by atoms with Crippen LogP contribution in [-0.2, 0) is 11.3 Å². The lowest BCUT2D eigenvalue weighted by Crippen LogP contribution is -2.03. The lowest BCUT2D eigenvalue weighted by atomic mass is 10.1. The van der Waals surface area contributed by atoms with Gasteiger partial charge in [-0.1, -0.05) is 24.3 Å². The number of carbonyl (C=O) groups is 1. The average molecular weight is 386 g/mol. The summed E-state index contributed by atoms with van der Waals surface area (Å²) < 4.78 is 16.2. The molecule has 0 aromatic heterocycles. The van der Waals surface area contributed by atoms with Gasteiger partial charge in [-0.25, -0.2) is 4.79 Å². The first-order valence-corrected chi connectivity index (χ1v) is 8.08. The van der Waals surface area contributed by atoms with Crippen LogP contribution in [0.25, 0.3) is 0 Å². The Morgan fingerprint density at radius 2 is 1.63 bits per heavy atom. The highest BCUT2D eigenvalue weighted by molar-refractivity contribution is 5.89. The lowest BCUT2D eigenvalue weighted by Gasteiger charge is -2.10. The van der Waals surface area contributed by atoms with E-state index in [1.165, 1.54) is 7.11 Å². The minimum Gasteiger partial charge on any atom is -0.489 e. The number of esters is 1. The molecule has 0 spiro atoms. The number of rotatable bonds is 6.